The lowest BCUT2D eigenvalue weighted by atomic mass is 10.1. The SMILES string of the molecule is CC(=O)N(CC(=O)NCCc1ccc(S(N)(=O)=O)cc1)CC(C)C. The van der Waals surface area contributed by atoms with Gasteiger partial charge in [0.25, 0.3) is 0 Å². The van der Waals surface area contributed by atoms with Gasteiger partial charge in [0.1, 0.15) is 0 Å². The molecular weight excluding hydrogens is 330 g/mol. The first-order valence-corrected chi connectivity index (χ1v) is 9.28. The Morgan fingerprint density at radius 1 is 1.21 bits per heavy atom. The molecule has 7 nitrogen and oxygen atoms in total. The zero-order valence-corrected chi connectivity index (χ0v) is 15.1. The highest BCUT2D eigenvalue weighted by atomic mass is 32.2. The van der Waals surface area contributed by atoms with Crippen LogP contribution in [-0.2, 0) is 26.0 Å². The average Bonchev–Trinajstić information content (AvgIpc) is 2.45. The molecule has 134 valence electrons. The zero-order valence-electron chi connectivity index (χ0n) is 14.3. The summed E-state index contributed by atoms with van der Waals surface area (Å²) in [7, 11) is -3.69. The highest BCUT2D eigenvalue weighted by Gasteiger charge is 2.14. The summed E-state index contributed by atoms with van der Waals surface area (Å²) >= 11 is 0. The summed E-state index contributed by atoms with van der Waals surface area (Å²) in [4.78, 5) is 25.0. The average molecular weight is 355 g/mol. The molecule has 0 fully saturated rings. The number of rotatable bonds is 8. The van der Waals surface area contributed by atoms with E-state index in [0.29, 0.717) is 25.4 Å². The number of nitrogens with zero attached hydrogens (tertiary/aromatic N) is 1. The fraction of sp³-hybridized carbons (Fsp3) is 0.500. The van der Waals surface area contributed by atoms with E-state index in [1.165, 1.54) is 24.0 Å². The number of hydrogen-bond acceptors (Lipinski definition) is 4. The molecule has 8 heteroatoms. The Bertz CT molecular complexity index is 669. The summed E-state index contributed by atoms with van der Waals surface area (Å²) in [6.45, 7) is 6.40. The van der Waals surface area contributed by atoms with E-state index in [0.717, 1.165) is 5.56 Å². The molecule has 2 amide bonds. The lowest BCUT2D eigenvalue weighted by Gasteiger charge is -2.22. The second-order valence-electron chi connectivity index (χ2n) is 6.08. The molecule has 3 N–H and O–H groups in total. The molecule has 0 aliphatic heterocycles. The smallest absolute Gasteiger partial charge is 0.239 e. The van der Waals surface area contributed by atoms with Gasteiger partial charge in [0.2, 0.25) is 21.8 Å². The molecule has 1 aromatic carbocycles. The molecule has 0 atom stereocenters. The maximum absolute atomic E-state index is 11.9. The lowest BCUT2D eigenvalue weighted by Crippen LogP contribution is -2.41. The van der Waals surface area contributed by atoms with Crippen molar-refractivity contribution in [3.8, 4) is 0 Å². The Hall–Kier alpha value is -1.93. The van der Waals surface area contributed by atoms with E-state index in [9.17, 15) is 18.0 Å². The predicted molar refractivity (Wildman–Crippen MR) is 91.6 cm³/mol. The largest absolute Gasteiger partial charge is 0.354 e. The number of amides is 2. The number of hydrogen-bond donors (Lipinski definition) is 2. The maximum atomic E-state index is 11.9. The second kappa shape index (κ2) is 8.79. The highest BCUT2D eigenvalue weighted by Crippen LogP contribution is 2.08. The third-order valence-electron chi connectivity index (χ3n) is 3.35. The van der Waals surface area contributed by atoms with Gasteiger partial charge in [-0.05, 0) is 30.0 Å². The first-order valence-electron chi connectivity index (χ1n) is 7.73. The van der Waals surface area contributed by atoms with E-state index >= 15 is 0 Å². The minimum absolute atomic E-state index is 0.0396. The zero-order chi connectivity index (χ0) is 18.3. The quantitative estimate of drug-likeness (QED) is 0.707. The van der Waals surface area contributed by atoms with Crippen LogP contribution in [0.25, 0.3) is 0 Å². The molecule has 0 saturated heterocycles. The van der Waals surface area contributed by atoms with Crippen LogP contribution in [0.3, 0.4) is 0 Å². The van der Waals surface area contributed by atoms with Crippen molar-refractivity contribution in [2.75, 3.05) is 19.6 Å². The summed E-state index contributed by atoms with van der Waals surface area (Å²) < 4.78 is 22.3. The third-order valence-corrected chi connectivity index (χ3v) is 4.28. The molecule has 0 aromatic heterocycles. The van der Waals surface area contributed by atoms with Gasteiger partial charge in [0.15, 0.2) is 0 Å². The maximum Gasteiger partial charge on any atom is 0.239 e. The van der Waals surface area contributed by atoms with Crippen molar-refractivity contribution < 1.29 is 18.0 Å². The van der Waals surface area contributed by atoms with Crippen LogP contribution in [0.15, 0.2) is 29.2 Å². The van der Waals surface area contributed by atoms with Gasteiger partial charge in [0.05, 0.1) is 11.4 Å². The van der Waals surface area contributed by atoms with Gasteiger partial charge in [-0.25, -0.2) is 13.6 Å². The van der Waals surface area contributed by atoms with Gasteiger partial charge in [-0.1, -0.05) is 26.0 Å². The van der Waals surface area contributed by atoms with E-state index < -0.39 is 10.0 Å². The van der Waals surface area contributed by atoms with Crippen molar-refractivity contribution in [2.45, 2.75) is 32.1 Å². The molecule has 0 saturated carbocycles. The van der Waals surface area contributed by atoms with Crippen LogP contribution in [0.1, 0.15) is 26.3 Å². The number of primary sulfonamides is 1. The molecule has 0 bridgehead atoms. The molecule has 0 aliphatic carbocycles. The molecular formula is C16H25N3O4S. The minimum Gasteiger partial charge on any atom is -0.354 e. The molecule has 0 heterocycles. The number of carbonyl (C=O) groups excluding carboxylic acids is 2. The number of carbonyl (C=O) groups is 2. The summed E-state index contributed by atoms with van der Waals surface area (Å²) in [5.74, 6) is -0.0523. The lowest BCUT2D eigenvalue weighted by molar-refractivity contribution is -0.134. The number of nitrogens with one attached hydrogen (secondary N) is 1. The number of benzene rings is 1. The molecule has 24 heavy (non-hydrogen) atoms. The van der Waals surface area contributed by atoms with Crippen LogP contribution in [0.4, 0.5) is 0 Å². The Balaban J connectivity index is 2.46. The van der Waals surface area contributed by atoms with E-state index in [1.807, 2.05) is 13.8 Å². The van der Waals surface area contributed by atoms with Gasteiger partial charge in [0, 0.05) is 20.0 Å². The summed E-state index contributed by atoms with van der Waals surface area (Å²) in [6.07, 6.45) is 0.556. The normalized spacial score (nSPS) is 11.4. The second-order valence-corrected chi connectivity index (χ2v) is 7.64. The summed E-state index contributed by atoms with van der Waals surface area (Å²) in [6, 6.07) is 6.19. The molecule has 0 aliphatic rings. The van der Waals surface area contributed by atoms with E-state index in [2.05, 4.69) is 5.32 Å². The van der Waals surface area contributed by atoms with Gasteiger partial charge < -0.3 is 10.2 Å². The topological polar surface area (TPSA) is 110 Å². The molecule has 1 aromatic rings. The van der Waals surface area contributed by atoms with Crippen LogP contribution in [0.2, 0.25) is 0 Å². The van der Waals surface area contributed by atoms with E-state index in [4.69, 9.17) is 5.14 Å². The summed E-state index contributed by atoms with van der Waals surface area (Å²) in [5.41, 5.74) is 0.883. The first kappa shape index (κ1) is 20.1. The Kier molecular flexibility index (Phi) is 7.37. The number of nitrogens with two attached hydrogens (primary N) is 1. The van der Waals surface area contributed by atoms with Gasteiger partial charge >= 0.3 is 0 Å². The summed E-state index contributed by atoms with van der Waals surface area (Å²) in [5, 5.41) is 7.79. The third kappa shape index (κ3) is 7.10. The van der Waals surface area contributed by atoms with Gasteiger partial charge in [-0.2, -0.15) is 0 Å². The van der Waals surface area contributed by atoms with Crippen molar-refractivity contribution in [1.29, 1.82) is 0 Å². The van der Waals surface area contributed by atoms with E-state index in [1.54, 1.807) is 12.1 Å². The Morgan fingerprint density at radius 2 is 1.79 bits per heavy atom. The standard InChI is InChI=1S/C16H25N3O4S/c1-12(2)10-19(13(3)20)11-16(21)18-9-8-14-4-6-15(7-5-14)24(17,22)23/h4-7,12H,8-11H2,1-3H3,(H,18,21)(H2,17,22,23). The van der Waals surface area contributed by atoms with Crippen LogP contribution in [0, 0.1) is 5.92 Å². The molecule has 0 spiro atoms. The van der Waals surface area contributed by atoms with Crippen LogP contribution >= 0.6 is 0 Å². The fourth-order valence-corrected chi connectivity index (χ4v) is 2.68. The van der Waals surface area contributed by atoms with Crippen molar-refractivity contribution in [3.63, 3.8) is 0 Å². The molecule has 0 unspecified atom stereocenters. The predicted octanol–water partition coefficient (Wildman–Crippen LogP) is 0.497. The first-order chi connectivity index (χ1) is 11.1. The minimum atomic E-state index is -3.69. The van der Waals surface area contributed by atoms with Gasteiger partial charge in [-0.3, -0.25) is 9.59 Å². The monoisotopic (exact) mass is 355 g/mol. The van der Waals surface area contributed by atoms with Gasteiger partial charge in [-0.15, -0.1) is 0 Å². The van der Waals surface area contributed by atoms with E-state index in [-0.39, 0.29) is 23.3 Å². The highest BCUT2D eigenvalue weighted by molar-refractivity contribution is 7.89. The Morgan fingerprint density at radius 3 is 2.25 bits per heavy atom. The van der Waals surface area contributed by atoms with Crippen molar-refractivity contribution >= 4 is 21.8 Å². The van der Waals surface area contributed by atoms with Crippen LogP contribution in [0.5, 0.6) is 0 Å². The molecule has 0 radical (unpaired) electrons. The van der Waals surface area contributed by atoms with Crippen molar-refractivity contribution in [2.24, 2.45) is 11.1 Å². The van der Waals surface area contributed by atoms with Crippen molar-refractivity contribution in [3.05, 3.63) is 29.8 Å². The number of sulfonamides is 1. The van der Waals surface area contributed by atoms with Crippen LogP contribution in [-0.4, -0.2) is 44.8 Å². The fourth-order valence-electron chi connectivity index (χ4n) is 2.17. The van der Waals surface area contributed by atoms with Crippen LogP contribution < -0.4 is 10.5 Å². The van der Waals surface area contributed by atoms with Crippen molar-refractivity contribution in [1.82, 2.24) is 10.2 Å². The Labute approximate surface area is 143 Å². The molecule has 1 rings (SSSR count).